The van der Waals surface area contributed by atoms with E-state index in [0.717, 1.165) is 0 Å². The molecular weight excluding hydrogens is 156 g/mol. The van der Waals surface area contributed by atoms with Crippen LogP contribution in [0.3, 0.4) is 0 Å². The molecule has 0 spiro atoms. The van der Waals surface area contributed by atoms with Gasteiger partial charge in [0.05, 0.1) is 6.54 Å². The summed E-state index contributed by atoms with van der Waals surface area (Å²) >= 11 is 0. The second kappa shape index (κ2) is 4.74. The van der Waals surface area contributed by atoms with Crippen LogP contribution in [0.25, 0.3) is 0 Å². The van der Waals surface area contributed by atoms with Crippen LogP contribution in [0.2, 0.25) is 0 Å². The summed E-state index contributed by atoms with van der Waals surface area (Å²) < 4.78 is 0. The van der Waals surface area contributed by atoms with Gasteiger partial charge in [-0.1, -0.05) is 20.8 Å². The van der Waals surface area contributed by atoms with Gasteiger partial charge in [-0.2, -0.15) is 0 Å². The first-order valence-electron chi connectivity index (χ1n) is 4.01. The number of carbonyl (C=O) groups excluding carboxylic acids is 2. The summed E-state index contributed by atoms with van der Waals surface area (Å²) in [7, 11) is 0. The van der Waals surface area contributed by atoms with E-state index in [1.807, 2.05) is 20.8 Å². The molecule has 0 aromatic carbocycles. The number of rotatable bonds is 4. The minimum absolute atomic E-state index is 0.0735. The van der Waals surface area contributed by atoms with E-state index >= 15 is 0 Å². The first-order valence-corrected chi connectivity index (χ1v) is 4.01. The lowest BCUT2D eigenvalue weighted by Gasteiger charge is -2.14. The van der Waals surface area contributed by atoms with Crippen LogP contribution in [0, 0.1) is 11.8 Å². The van der Waals surface area contributed by atoms with Gasteiger partial charge in [0.1, 0.15) is 0 Å². The Hall–Kier alpha value is -1.06. The maximum Gasteiger partial charge on any atom is 0.236 e. The number of hydrogen-bond donors (Lipinski definition) is 2. The fourth-order valence-electron chi connectivity index (χ4n) is 0.638. The van der Waals surface area contributed by atoms with Crippen LogP contribution in [0.1, 0.15) is 20.8 Å². The van der Waals surface area contributed by atoms with Gasteiger partial charge in [-0.3, -0.25) is 9.59 Å². The lowest BCUT2D eigenvalue weighted by molar-refractivity contribution is -0.128. The van der Waals surface area contributed by atoms with Gasteiger partial charge in [-0.15, -0.1) is 0 Å². The van der Waals surface area contributed by atoms with Gasteiger partial charge < -0.3 is 11.1 Å². The summed E-state index contributed by atoms with van der Waals surface area (Å²) in [6, 6.07) is 0. The highest BCUT2D eigenvalue weighted by Crippen LogP contribution is 2.08. The first-order chi connectivity index (χ1) is 5.45. The highest BCUT2D eigenvalue weighted by Gasteiger charge is 2.16. The van der Waals surface area contributed by atoms with E-state index in [9.17, 15) is 9.59 Å². The van der Waals surface area contributed by atoms with Crippen molar-refractivity contribution in [2.24, 2.45) is 17.6 Å². The highest BCUT2D eigenvalue weighted by molar-refractivity contribution is 5.84. The lowest BCUT2D eigenvalue weighted by atomic mass is 9.97. The maximum absolute atomic E-state index is 11.2. The fraction of sp³-hybridized carbons (Fsp3) is 0.750. The quantitative estimate of drug-likeness (QED) is 0.620. The molecule has 12 heavy (non-hydrogen) atoms. The summed E-state index contributed by atoms with van der Waals surface area (Å²) in [6.45, 7) is 5.65. The minimum Gasteiger partial charge on any atom is -0.368 e. The van der Waals surface area contributed by atoms with Crippen molar-refractivity contribution in [2.45, 2.75) is 20.8 Å². The predicted octanol–water partition coefficient (Wildman–Crippen LogP) is -0.120. The average Bonchev–Trinajstić information content (AvgIpc) is 1.98. The molecule has 0 fully saturated rings. The molecule has 0 bridgehead atoms. The second-order valence-corrected chi connectivity index (χ2v) is 3.22. The van der Waals surface area contributed by atoms with Crippen molar-refractivity contribution in [3.05, 3.63) is 0 Å². The molecular formula is C8H16N2O2. The number of nitrogens with two attached hydrogens (primary N) is 1. The topological polar surface area (TPSA) is 72.2 Å². The number of hydrogen-bond acceptors (Lipinski definition) is 2. The van der Waals surface area contributed by atoms with Crippen molar-refractivity contribution in [3.8, 4) is 0 Å². The van der Waals surface area contributed by atoms with Crippen LogP contribution < -0.4 is 11.1 Å². The Morgan fingerprint density at radius 1 is 1.33 bits per heavy atom. The van der Waals surface area contributed by atoms with Gasteiger partial charge in [0.2, 0.25) is 11.8 Å². The standard InChI is InChI=1S/C8H16N2O2/c1-5(2)6(3)8(12)10-4-7(9)11/h5-6H,4H2,1-3H3,(H2,9,11)(H,10,12)/t6-/m0/s1. The van der Waals surface area contributed by atoms with Crippen molar-refractivity contribution < 1.29 is 9.59 Å². The van der Waals surface area contributed by atoms with E-state index in [1.54, 1.807) is 0 Å². The maximum atomic E-state index is 11.2. The normalized spacial score (nSPS) is 12.7. The average molecular weight is 172 g/mol. The highest BCUT2D eigenvalue weighted by atomic mass is 16.2. The van der Waals surface area contributed by atoms with Crippen LogP contribution in [0.5, 0.6) is 0 Å². The smallest absolute Gasteiger partial charge is 0.236 e. The van der Waals surface area contributed by atoms with E-state index < -0.39 is 5.91 Å². The molecule has 1 atom stereocenters. The first kappa shape index (κ1) is 10.9. The molecule has 3 N–H and O–H groups in total. The summed E-state index contributed by atoms with van der Waals surface area (Å²) in [5, 5.41) is 2.45. The number of carbonyl (C=O) groups is 2. The Morgan fingerprint density at radius 2 is 1.83 bits per heavy atom. The zero-order valence-corrected chi connectivity index (χ0v) is 7.76. The molecule has 0 heterocycles. The van der Waals surface area contributed by atoms with Crippen LogP contribution in [0.4, 0.5) is 0 Å². The molecule has 0 rings (SSSR count). The molecule has 4 heteroatoms. The molecule has 4 nitrogen and oxygen atoms in total. The molecule has 0 aromatic rings. The molecule has 0 aliphatic rings. The number of nitrogens with one attached hydrogen (secondary N) is 1. The zero-order valence-electron chi connectivity index (χ0n) is 7.76. The van der Waals surface area contributed by atoms with Gasteiger partial charge in [0.25, 0.3) is 0 Å². The van der Waals surface area contributed by atoms with E-state index in [-0.39, 0.29) is 24.3 Å². The van der Waals surface area contributed by atoms with Gasteiger partial charge in [0, 0.05) is 5.92 Å². The molecule has 0 saturated carbocycles. The Kier molecular flexibility index (Phi) is 4.33. The van der Waals surface area contributed by atoms with Gasteiger partial charge in [-0.05, 0) is 5.92 Å². The van der Waals surface area contributed by atoms with Crippen LogP contribution in [-0.2, 0) is 9.59 Å². The summed E-state index contributed by atoms with van der Waals surface area (Å²) in [6.07, 6.45) is 0. The van der Waals surface area contributed by atoms with Crippen LogP contribution >= 0.6 is 0 Å². The van der Waals surface area contributed by atoms with Crippen LogP contribution in [-0.4, -0.2) is 18.4 Å². The van der Waals surface area contributed by atoms with Crippen LogP contribution in [0.15, 0.2) is 0 Å². The molecule has 0 saturated heterocycles. The molecule has 0 aromatic heterocycles. The van der Waals surface area contributed by atoms with E-state index in [4.69, 9.17) is 5.73 Å². The van der Waals surface area contributed by atoms with Gasteiger partial charge >= 0.3 is 0 Å². The van der Waals surface area contributed by atoms with Crippen molar-refractivity contribution >= 4 is 11.8 Å². The molecule has 0 unspecified atom stereocenters. The van der Waals surface area contributed by atoms with E-state index in [2.05, 4.69) is 5.32 Å². The third kappa shape index (κ3) is 3.95. The second-order valence-electron chi connectivity index (χ2n) is 3.22. The molecule has 0 aliphatic carbocycles. The van der Waals surface area contributed by atoms with Gasteiger partial charge in [0.15, 0.2) is 0 Å². The van der Waals surface area contributed by atoms with Gasteiger partial charge in [-0.25, -0.2) is 0 Å². The molecule has 70 valence electrons. The van der Waals surface area contributed by atoms with Crippen molar-refractivity contribution in [3.63, 3.8) is 0 Å². The third-order valence-corrected chi connectivity index (χ3v) is 1.85. The Balaban J connectivity index is 3.80. The number of primary amides is 1. The zero-order chi connectivity index (χ0) is 9.72. The molecule has 0 aliphatic heterocycles. The fourth-order valence-corrected chi connectivity index (χ4v) is 0.638. The third-order valence-electron chi connectivity index (χ3n) is 1.85. The Morgan fingerprint density at radius 3 is 2.17 bits per heavy atom. The monoisotopic (exact) mass is 172 g/mol. The van der Waals surface area contributed by atoms with Crippen molar-refractivity contribution in [2.75, 3.05) is 6.54 Å². The SMILES string of the molecule is CC(C)[C@H](C)C(=O)NCC(N)=O. The van der Waals surface area contributed by atoms with Crippen molar-refractivity contribution in [1.82, 2.24) is 5.32 Å². The predicted molar refractivity (Wildman–Crippen MR) is 46.2 cm³/mol. The lowest BCUT2D eigenvalue weighted by Crippen LogP contribution is -2.37. The summed E-state index contributed by atoms with van der Waals surface area (Å²) in [4.78, 5) is 21.5. The largest absolute Gasteiger partial charge is 0.368 e. The summed E-state index contributed by atoms with van der Waals surface area (Å²) in [5.41, 5.74) is 4.86. The number of amides is 2. The van der Waals surface area contributed by atoms with E-state index in [1.165, 1.54) is 0 Å². The molecule has 0 radical (unpaired) electrons. The Labute approximate surface area is 72.5 Å². The minimum atomic E-state index is -0.515. The summed E-state index contributed by atoms with van der Waals surface area (Å²) in [5.74, 6) is -0.440. The Bertz CT molecular complexity index is 178. The van der Waals surface area contributed by atoms with Crippen molar-refractivity contribution in [1.29, 1.82) is 0 Å². The van der Waals surface area contributed by atoms with E-state index in [0.29, 0.717) is 0 Å². The molecule has 2 amide bonds.